The Labute approximate surface area is 95.9 Å². The van der Waals surface area contributed by atoms with Crippen LogP contribution in [-0.2, 0) is 9.53 Å². The Hall–Kier alpha value is -1.30. The lowest BCUT2D eigenvalue weighted by Gasteiger charge is -2.19. The minimum atomic E-state index is -0.502. The van der Waals surface area contributed by atoms with Gasteiger partial charge in [-0.1, -0.05) is 0 Å². The summed E-state index contributed by atoms with van der Waals surface area (Å²) in [6, 6.07) is -0.402. The molecule has 0 heterocycles. The van der Waals surface area contributed by atoms with Crippen molar-refractivity contribution < 1.29 is 14.3 Å². The molecule has 0 rings (SSSR count). The van der Waals surface area contributed by atoms with Gasteiger partial charge in [-0.25, -0.2) is 4.79 Å². The van der Waals surface area contributed by atoms with Crippen molar-refractivity contribution in [1.29, 1.82) is 0 Å². The smallest absolute Gasteiger partial charge is 0.407 e. The average Bonchev–Trinajstić information content (AvgIpc) is 2.08. The Morgan fingerprint density at radius 2 is 1.88 bits per heavy atom. The topological polar surface area (TPSA) is 93.4 Å². The number of hydrogen-bond acceptors (Lipinski definition) is 4. The van der Waals surface area contributed by atoms with Crippen molar-refractivity contribution in [2.45, 2.75) is 39.3 Å². The number of ether oxygens (including phenoxy) is 1. The first-order valence-electron chi connectivity index (χ1n) is 5.22. The number of primary amides is 1. The summed E-state index contributed by atoms with van der Waals surface area (Å²) < 4.78 is 5.02. The molecule has 0 aliphatic heterocycles. The lowest BCUT2D eigenvalue weighted by molar-refractivity contribution is -0.119. The Kier molecular flexibility index (Phi) is 5.81. The number of carbonyl (C=O) groups is 2. The zero-order valence-electron chi connectivity index (χ0n) is 10.3. The highest BCUT2D eigenvalue weighted by Crippen LogP contribution is 2.05. The maximum absolute atomic E-state index is 11.2. The summed E-state index contributed by atoms with van der Waals surface area (Å²) in [5.41, 5.74) is 4.55. The van der Waals surface area contributed by atoms with E-state index >= 15 is 0 Å². The van der Waals surface area contributed by atoms with Gasteiger partial charge in [0.15, 0.2) is 0 Å². The first-order chi connectivity index (χ1) is 7.22. The van der Waals surface area contributed by atoms with Gasteiger partial charge < -0.3 is 21.1 Å². The molecule has 0 aliphatic carbocycles. The largest absolute Gasteiger partial charge is 0.444 e. The van der Waals surface area contributed by atoms with E-state index in [1.54, 1.807) is 27.7 Å². The molecule has 4 N–H and O–H groups in total. The van der Waals surface area contributed by atoms with Crippen molar-refractivity contribution in [3.8, 4) is 0 Å². The molecule has 0 fully saturated rings. The maximum Gasteiger partial charge on any atom is 0.407 e. The van der Waals surface area contributed by atoms with E-state index in [0.29, 0.717) is 13.1 Å². The molecule has 0 radical (unpaired) electrons. The van der Waals surface area contributed by atoms with Crippen LogP contribution in [0.1, 0.15) is 27.7 Å². The fraction of sp³-hybridized carbons (Fsp3) is 0.800. The standard InChI is InChI=1S/C10H21N3O3/c1-7(8(11)14)12-5-6-13-9(15)16-10(2,3)4/h7,12H,5-6H2,1-4H3,(H2,11,14)(H,13,15)/t7-/m1/s1. The van der Waals surface area contributed by atoms with Crippen LogP contribution in [-0.4, -0.2) is 36.7 Å². The summed E-state index contributed by atoms with van der Waals surface area (Å²) in [6.07, 6.45) is -0.471. The summed E-state index contributed by atoms with van der Waals surface area (Å²) in [5.74, 6) is -0.419. The summed E-state index contributed by atoms with van der Waals surface area (Å²) in [6.45, 7) is 7.88. The van der Waals surface area contributed by atoms with Gasteiger partial charge in [-0.2, -0.15) is 0 Å². The summed E-state index contributed by atoms with van der Waals surface area (Å²) in [4.78, 5) is 21.8. The Balaban J connectivity index is 3.60. The monoisotopic (exact) mass is 231 g/mol. The van der Waals surface area contributed by atoms with Gasteiger partial charge in [-0.3, -0.25) is 4.79 Å². The van der Waals surface area contributed by atoms with Gasteiger partial charge in [0.05, 0.1) is 6.04 Å². The predicted octanol–water partition coefficient (Wildman–Crippen LogP) is -0.0255. The minimum Gasteiger partial charge on any atom is -0.444 e. The molecule has 1 atom stereocenters. The summed E-state index contributed by atoms with van der Waals surface area (Å²) in [7, 11) is 0. The van der Waals surface area contributed by atoms with Crippen LogP contribution in [0.25, 0.3) is 0 Å². The van der Waals surface area contributed by atoms with E-state index in [4.69, 9.17) is 10.5 Å². The van der Waals surface area contributed by atoms with Gasteiger partial charge in [0.2, 0.25) is 5.91 Å². The first kappa shape index (κ1) is 14.7. The highest BCUT2D eigenvalue weighted by Gasteiger charge is 2.15. The van der Waals surface area contributed by atoms with Crippen LogP contribution >= 0.6 is 0 Å². The number of alkyl carbamates (subject to hydrolysis) is 1. The van der Waals surface area contributed by atoms with E-state index in [-0.39, 0.29) is 0 Å². The molecule has 0 spiro atoms. The van der Waals surface area contributed by atoms with Gasteiger partial charge in [0.25, 0.3) is 0 Å². The molecule has 0 saturated heterocycles. The third kappa shape index (κ3) is 8.05. The Bertz CT molecular complexity index is 248. The first-order valence-corrected chi connectivity index (χ1v) is 5.22. The van der Waals surface area contributed by atoms with Gasteiger partial charge >= 0.3 is 6.09 Å². The van der Waals surface area contributed by atoms with E-state index in [1.807, 2.05) is 0 Å². The normalized spacial score (nSPS) is 13.0. The molecule has 0 aromatic carbocycles. The quantitative estimate of drug-likeness (QED) is 0.579. The maximum atomic E-state index is 11.2. The van der Waals surface area contributed by atoms with Crippen LogP contribution in [0.4, 0.5) is 4.79 Å². The molecule has 0 aromatic rings. The molecular formula is C10H21N3O3. The van der Waals surface area contributed by atoms with E-state index in [1.165, 1.54) is 0 Å². The van der Waals surface area contributed by atoms with E-state index in [0.717, 1.165) is 0 Å². The van der Waals surface area contributed by atoms with E-state index < -0.39 is 23.6 Å². The number of nitrogens with two attached hydrogens (primary N) is 1. The fourth-order valence-corrected chi connectivity index (χ4v) is 0.868. The van der Waals surface area contributed by atoms with Crippen molar-refractivity contribution in [2.24, 2.45) is 5.73 Å². The molecule has 6 nitrogen and oxygen atoms in total. The van der Waals surface area contributed by atoms with Crippen LogP contribution < -0.4 is 16.4 Å². The van der Waals surface area contributed by atoms with Crippen LogP contribution in [0.15, 0.2) is 0 Å². The molecule has 0 unspecified atom stereocenters. The van der Waals surface area contributed by atoms with Crippen molar-refractivity contribution in [1.82, 2.24) is 10.6 Å². The Morgan fingerprint density at radius 3 is 2.31 bits per heavy atom. The second kappa shape index (κ2) is 6.32. The summed E-state index contributed by atoms with van der Waals surface area (Å²) in [5, 5.41) is 5.41. The fourth-order valence-electron chi connectivity index (χ4n) is 0.868. The zero-order valence-corrected chi connectivity index (χ0v) is 10.3. The number of rotatable bonds is 5. The molecule has 0 bridgehead atoms. The molecule has 0 saturated carbocycles. The van der Waals surface area contributed by atoms with Crippen molar-refractivity contribution in [3.63, 3.8) is 0 Å². The van der Waals surface area contributed by atoms with Crippen LogP contribution in [0.3, 0.4) is 0 Å². The van der Waals surface area contributed by atoms with Crippen LogP contribution in [0, 0.1) is 0 Å². The third-order valence-electron chi connectivity index (χ3n) is 1.67. The lowest BCUT2D eigenvalue weighted by atomic mass is 10.2. The highest BCUT2D eigenvalue weighted by atomic mass is 16.6. The summed E-state index contributed by atoms with van der Waals surface area (Å²) >= 11 is 0. The number of nitrogens with one attached hydrogen (secondary N) is 2. The SMILES string of the molecule is C[C@@H](NCCNC(=O)OC(C)(C)C)C(N)=O. The third-order valence-corrected chi connectivity index (χ3v) is 1.67. The molecule has 0 aliphatic rings. The molecule has 0 aromatic heterocycles. The van der Waals surface area contributed by atoms with E-state index in [9.17, 15) is 9.59 Å². The van der Waals surface area contributed by atoms with Gasteiger partial charge in [0, 0.05) is 13.1 Å². The van der Waals surface area contributed by atoms with Crippen molar-refractivity contribution in [2.75, 3.05) is 13.1 Å². The second-order valence-corrected chi connectivity index (χ2v) is 4.51. The van der Waals surface area contributed by atoms with Gasteiger partial charge in [0.1, 0.15) is 5.60 Å². The lowest BCUT2D eigenvalue weighted by Crippen LogP contribution is -2.43. The van der Waals surface area contributed by atoms with Crippen LogP contribution in [0.5, 0.6) is 0 Å². The minimum absolute atomic E-state index is 0.381. The zero-order chi connectivity index (χ0) is 12.8. The van der Waals surface area contributed by atoms with Gasteiger partial charge in [-0.15, -0.1) is 0 Å². The number of carbonyl (C=O) groups excluding carboxylic acids is 2. The van der Waals surface area contributed by atoms with Gasteiger partial charge in [-0.05, 0) is 27.7 Å². The second-order valence-electron chi connectivity index (χ2n) is 4.51. The molecule has 2 amide bonds. The Morgan fingerprint density at radius 1 is 1.31 bits per heavy atom. The van der Waals surface area contributed by atoms with E-state index in [2.05, 4.69) is 10.6 Å². The van der Waals surface area contributed by atoms with Crippen molar-refractivity contribution >= 4 is 12.0 Å². The molecule has 6 heteroatoms. The number of hydrogen-bond donors (Lipinski definition) is 3. The predicted molar refractivity (Wildman–Crippen MR) is 60.9 cm³/mol. The highest BCUT2D eigenvalue weighted by molar-refractivity contribution is 5.79. The van der Waals surface area contributed by atoms with Crippen LogP contribution in [0.2, 0.25) is 0 Å². The molecule has 94 valence electrons. The average molecular weight is 231 g/mol. The molecule has 16 heavy (non-hydrogen) atoms. The number of amides is 2. The molecular weight excluding hydrogens is 210 g/mol. The van der Waals surface area contributed by atoms with Crippen molar-refractivity contribution in [3.05, 3.63) is 0 Å².